The highest BCUT2D eigenvalue weighted by atomic mass is 19.1. The highest BCUT2D eigenvalue weighted by molar-refractivity contribution is 6.06. The van der Waals surface area contributed by atoms with Gasteiger partial charge in [0.05, 0.1) is 29.7 Å². The molecule has 3 aliphatic heterocycles. The van der Waals surface area contributed by atoms with Crippen LogP contribution in [0.15, 0.2) is 42.7 Å². The number of amides is 1. The number of carbonyl (C=O) groups is 1. The van der Waals surface area contributed by atoms with Crippen molar-refractivity contribution in [2.75, 3.05) is 38.1 Å². The van der Waals surface area contributed by atoms with Crippen molar-refractivity contribution in [3.63, 3.8) is 0 Å². The molecular weight excluding hydrogens is 433 g/mol. The van der Waals surface area contributed by atoms with Gasteiger partial charge in [0.1, 0.15) is 11.6 Å². The number of nitrogens with zero attached hydrogens (tertiary/aromatic N) is 2. The highest BCUT2D eigenvalue weighted by Gasteiger charge is 2.34. The predicted octanol–water partition coefficient (Wildman–Crippen LogP) is 4.28. The van der Waals surface area contributed by atoms with E-state index in [9.17, 15) is 9.18 Å². The second-order valence-corrected chi connectivity index (χ2v) is 9.49. The molecule has 176 valence electrons. The Labute approximate surface area is 197 Å². The Bertz CT molecular complexity index is 1230. The Morgan fingerprint density at radius 3 is 3.06 bits per heavy atom. The van der Waals surface area contributed by atoms with E-state index in [2.05, 4.69) is 25.5 Å². The third-order valence-electron chi connectivity index (χ3n) is 7.19. The Hall–Kier alpha value is -3.39. The molecule has 0 radical (unpaired) electrons. The number of anilines is 2. The Morgan fingerprint density at radius 2 is 2.15 bits per heavy atom. The SMILES string of the molecule is O=C1NC[C@H]2CCCN3CC[C@@H](COc4cnccc4-c4[nH]c2c1c4Nc1cccc(F)c1)C3. The van der Waals surface area contributed by atoms with Crippen LogP contribution in [0.1, 0.15) is 41.2 Å². The summed E-state index contributed by atoms with van der Waals surface area (Å²) in [6, 6.07) is 8.19. The first-order chi connectivity index (χ1) is 16.7. The molecule has 1 amide bonds. The molecule has 0 saturated carbocycles. The van der Waals surface area contributed by atoms with Gasteiger partial charge in [0, 0.05) is 48.1 Å². The highest BCUT2D eigenvalue weighted by Crippen LogP contribution is 2.43. The second-order valence-electron chi connectivity index (χ2n) is 9.49. The molecule has 3 aliphatic rings. The summed E-state index contributed by atoms with van der Waals surface area (Å²) in [4.78, 5) is 23.5. The third kappa shape index (κ3) is 3.92. The van der Waals surface area contributed by atoms with Crippen molar-refractivity contribution in [1.29, 1.82) is 0 Å². The maximum atomic E-state index is 14.0. The number of ether oxygens (including phenoxy) is 1. The van der Waals surface area contributed by atoms with Crippen LogP contribution in [-0.4, -0.2) is 53.6 Å². The van der Waals surface area contributed by atoms with Crippen LogP contribution in [0.3, 0.4) is 0 Å². The van der Waals surface area contributed by atoms with Gasteiger partial charge in [-0.1, -0.05) is 6.07 Å². The van der Waals surface area contributed by atoms with Crippen molar-refractivity contribution in [2.24, 2.45) is 5.92 Å². The summed E-state index contributed by atoms with van der Waals surface area (Å²) in [6.45, 7) is 4.45. The van der Waals surface area contributed by atoms with Gasteiger partial charge in [-0.3, -0.25) is 9.78 Å². The number of benzene rings is 1. The normalized spacial score (nSPS) is 23.9. The van der Waals surface area contributed by atoms with Gasteiger partial charge in [-0.25, -0.2) is 4.39 Å². The smallest absolute Gasteiger partial charge is 0.255 e. The van der Waals surface area contributed by atoms with Crippen LogP contribution < -0.4 is 15.4 Å². The molecule has 1 saturated heterocycles. The molecule has 4 bridgehead atoms. The average molecular weight is 462 g/mol. The van der Waals surface area contributed by atoms with Crippen molar-refractivity contribution < 1.29 is 13.9 Å². The number of aromatic amines is 1. The summed E-state index contributed by atoms with van der Waals surface area (Å²) >= 11 is 0. The number of pyridine rings is 1. The number of H-pyrrole nitrogens is 1. The van der Waals surface area contributed by atoms with Crippen LogP contribution in [-0.2, 0) is 0 Å². The van der Waals surface area contributed by atoms with E-state index < -0.39 is 0 Å². The number of carbonyl (C=O) groups excluding carboxylic acids is 1. The van der Waals surface area contributed by atoms with Gasteiger partial charge in [0.2, 0.25) is 0 Å². The molecule has 5 heterocycles. The molecule has 3 atom stereocenters. The van der Waals surface area contributed by atoms with Crippen LogP contribution >= 0.6 is 0 Å². The van der Waals surface area contributed by atoms with E-state index in [-0.39, 0.29) is 17.6 Å². The van der Waals surface area contributed by atoms with Crippen molar-refractivity contribution in [3.8, 4) is 17.0 Å². The van der Waals surface area contributed by atoms with E-state index in [1.54, 1.807) is 24.5 Å². The molecule has 6 rings (SSSR count). The molecule has 34 heavy (non-hydrogen) atoms. The largest absolute Gasteiger partial charge is 0.491 e. The van der Waals surface area contributed by atoms with E-state index in [0.717, 1.165) is 55.8 Å². The van der Waals surface area contributed by atoms with Gasteiger partial charge in [-0.05, 0) is 56.6 Å². The monoisotopic (exact) mass is 461 g/mol. The van der Waals surface area contributed by atoms with E-state index in [1.165, 1.54) is 12.1 Å². The van der Waals surface area contributed by atoms with Crippen LogP contribution in [0.4, 0.5) is 15.8 Å². The first-order valence-corrected chi connectivity index (χ1v) is 12.0. The quantitative estimate of drug-likeness (QED) is 0.531. The second kappa shape index (κ2) is 8.76. The maximum absolute atomic E-state index is 14.0. The Kier molecular flexibility index (Phi) is 5.45. The standard InChI is InChI=1S/C26H28FN5O2/c27-18-4-1-5-19(11-18)30-25-22-23-17(12-29-26(22)33)3-2-9-32-10-7-16(14-32)15-34-21-13-28-8-6-20(21)24(25)31-23/h1,4-6,8,11,13,16-17,30-31H,2-3,7,9-10,12,14-15H2,(H,29,33)/t16-,17-/m1/s1. The van der Waals surface area contributed by atoms with Crippen LogP contribution in [0.5, 0.6) is 5.75 Å². The fourth-order valence-electron chi connectivity index (χ4n) is 5.47. The summed E-state index contributed by atoms with van der Waals surface area (Å²) in [5, 5.41) is 6.41. The number of nitrogens with one attached hydrogen (secondary N) is 3. The summed E-state index contributed by atoms with van der Waals surface area (Å²) < 4.78 is 20.3. The zero-order valence-corrected chi connectivity index (χ0v) is 18.9. The predicted molar refractivity (Wildman–Crippen MR) is 128 cm³/mol. The number of hydrogen-bond acceptors (Lipinski definition) is 5. The number of rotatable bonds is 2. The van der Waals surface area contributed by atoms with Gasteiger partial charge in [-0.15, -0.1) is 0 Å². The van der Waals surface area contributed by atoms with Gasteiger partial charge in [0.15, 0.2) is 0 Å². The lowest BCUT2D eigenvalue weighted by atomic mass is 9.92. The molecule has 3 N–H and O–H groups in total. The Balaban J connectivity index is 1.50. The maximum Gasteiger partial charge on any atom is 0.255 e. The molecule has 1 fully saturated rings. The number of hydrogen-bond donors (Lipinski definition) is 3. The summed E-state index contributed by atoms with van der Waals surface area (Å²) in [5.41, 5.74) is 4.34. The van der Waals surface area contributed by atoms with Crippen LogP contribution in [0, 0.1) is 11.7 Å². The average Bonchev–Trinajstić information content (AvgIpc) is 3.44. The van der Waals surface area contributed by atoms with Gasteiger partial charge >= 0.3 is 0 Å². The van der Waals surface area contributed by atoms with E-state index in [1.807, 2.05) is 6.07 Å². The minimum atomic E-state index is -0.338. The van der Waals surface area contributed by atoms with Gasteiger partial charge in [0.25, 0.3) is 5.91 Å². The molecule has 1 aromatic carbocycles. The molecule has 8 heteroatoms. The number of halogens is 1. The van der Waals surface area contributed by atoms with Crippen molar-refractivity contribution in [1.82, 2.24) is 20.2 Å². The van der Waals surface area contributed by atoms with Gasteiger partial charge in [-0.2, -0.15) is 0 Å². The molecule has 2 aromatic heterocycles. The van der Waals surface area contributed by atoms with Crippen LogP contribution in [0.2, 0.25) is 0 Å². The fourth-order valence-corrected chi connectivity index (χ4v) is 5.47. The molecule has 0 aliphatic carbocycles. The zero-order valence-electron chi connectivity index (χ0n) is 18.9. The lowest BCUT2D eigenvalue weighted by Crippen LogP contribution is -2.35. The van der Waals surface area contributed by atoms with E-state index >= 15 is 0 Å². The molecule has 7 nitrogen and oxygen atoms in total. The van der Waals surface area contributed by atoms with Crippen LogP contribution in [0.25, 0.3) is 11.3 Å². The number of fused-ring (bicyclic) bond motifs is 5. The molecular formula is C26H28FN5O2. The fraction of sp³-hybridized carbons (Fsp3) is 0.385. The molecule has 0 spiro atoms. The topological polar surface area (TPSA) is 82.3 Å². The van der Waals surface area contributed by atoms with Gasteiger partial charge < -0.3 is 25.3 Å². The summed E-state index contributed by atoms with van der Waals surface area (Å²) in [6.07, 6.45) is 6.64. The Morgan fingerprint density at radius 1 is 1.21 bits per heavy atom. The first kappa shape index (κ1) is 21.2. The minimum absolute atomic E-state index is 0.128. The first-order valence-electron chi connectivity index (χ1n) is 12.0. The lowest BCUT2D eigenvalue weighted by molar-refractivity contribution is 0.0939. The molecule has 1 unspecified atom stereocenters. The lowest BCUT2D eigenvalue weighted by Gasteiger charge is -2.25. The summed E-state index contributed by atoms with van der Waals surface area (Å²) in [7, 11) is 0. The van der Waals surface area contributed by atoms with E-state index in [4.69, 9.17) is 4.74 Å². The van der Waals surface area contributed by atoms with Crippen molar-refractivity contribution in [2.45, 2.75) is 25.2 Å². The zero-order chi connectivity index (χ0) is 23.1. The minimum Gasteiger partial charge on any atom is -0.491 e. The third-order valence-corrected chi connectivity index (χ3v) is 7.19. The van der Waals surface area contributed by atoms with Crippen molar-refractivity contribution >= 4 is 17.3 Å². The number of aromatic nitrogens is 2. The molecule has 3 aromatic rings. The van der Waals surface area contributed by atoms with E-state index in [0.29, 0.717) is 41.8 Å². The summed E-state index contributed by atoms with van der Waals surface area (Å²) in [5.74, 6) is 0.884. The van der Waals surface area contributed by atoms with Crippen molar-refractivity contribution in [3.05, 3.63) is 59.8 Å².